The normalized spacial score (nSPS) is 20.2. The number of halogens is 5. The first kappa shape index (κ1) is 21.8. The summed E-state index contributed by atoms with van der Waals surface area (Å²) < 4.78 is 53.5. The predicted octanol–water partition coefficient (Wildman–Crippen LogP) is 5.74. The first-order valence-corrected chi connectivity index (χ1v) is 10.5. The second-order valence-corrected chi connectivity index (χ2v) is 8.93. The van der Waals surface area contributed by atoms with E-state index in [2.05, 4.69) is 15.9 Å². The number of carboxylic acids is 1. The zero-order valence-electron chi connectivity index (χ0n) is 16.2. The molecule has 2 aromatic rings. The van der Waals surface area contributed by atoms with Crippen LogP contribution in [0.4, 0.5) is 17.6 Å². The number of aliphatic carboxylic acids is 1. The molecular formula is C22H18BrF4NO3. The van der Waals surface area contributed by atoms with Crippen LogP contribution in [0.15, 0.2) is 40.9 Å². The summed E-state index contributed by atoms with van der Waals surface area (Å²) in [4.78, 5) is 27.2. The molecule has 1 unspecified atom stereocenters. The highest BCUT2D eigenvalue weighted by Crippen LogP contribution is 2.51. The Bertz CT molecular complexity index is 1060. The molecule has 1 atom stereocenters. The molecule has 31 heavy (non-hydrogen) atoms. The fraction of sp³-hybridized carbons (Fsp3) is 0.364. The Kier molecular flexibility index (Phi) is 5.36. The number of hydrogen-bond donors (Lipinski definition) is 1. The van der Waals surface area contributed by atoms with Gasteiger partial charge in [0.2, 0.25) is 0 Å². The van der Waals surface area contributed by atoms with Crippen LogP contribution in [-0.2, 0) is 17.5 Å². The second-order valence-electron chi connectivity index (χ2n) is 8.02. The first-order valence-electron chi connectivity index (χ1n) is 9.74. The average Bonchev–Trinajstić information content (AvgIpc) is 3.13. The number of carbonyl (C=O) groups is 2. The van der Waals surface area contributed by atoms with Gasteiger partial charge in [-0.2, -0.15) is 13.2 Å². The van der Waals surface area contributed by atoms with E-state index in [0.717, 1.165) is 25.0 Å². The van der Waals surface area contributed by atoms with Crippen molar-refractivity contribution in [1.29, 1.82) is 0 Å². The van der Waals surface area contributed by atoms with E-state index in [0.29, 0.717) is 28.9 Å². The van der Waals surface area contributed by atoms with Gasteiger partial charge in [-0.25, -0.2) is 4.39 Å². The van der Waals surface area contributed by atoms with Crippen LogP contribution in [0.25, 0.3) is 0 Å². The molecule has 1 heterocycles. The minimum absolute atomic E-state index is 0.173. The maximum Gasteiger partial charge on any atom is 0.419 e. The van der Waals surface area contributed by atoms with Gasteiger partial charge in [0.25, 0.3) is 5.91 Å². The summed E-state index contributed by atoms with van der Waals surface area (Å²) in [6, 6.07) is 7.37. The number of carboxylic acid groups (broad SMARTS) is 1. The SMILES string of the molecule is O=C(O)C1c2cc(Br)ccc2C(=O)N(Cc2ccc(C(F)(F)F)c(F)c2)C12CCCC2. The van der Waals surface area contributed by atoms with Gasteiger partial charge >= 0.3 is 12.1 Å². The van der Waals surface area contributed by atoms with Crippen LogP contribution in [0.1, 0.15) is 58.6 Å². The lowest BCUT2D eigenvalue weighted by Gasteiger charge is -2.49. The van der Waals surface area contributed by atoms with Crippen molar-refractivity contribution in [3.05, 3.63) is 68.9 Å². The van der Waals surface area contributed by atoms with Gasteiger partial charge in [0.1, 0.15) is 11.7 Å². The summed E-state index contributed by atoms with van der Waals surface area (Å²) in [5.41, 5.74) is -1.56. The number of fused-ring (bicyclic) bond motifs is 1. The second kappa shape index (κ2) is 7.62. The van der Waals surface area contributed by atoms with Crippen LogP contribution in [-0.4, -0.2) is 27.4 Å². The van der Waals surface area contributed by atoms with Gasteiger partial charge in [-0.1, -0.05) is 34.8 Å². The Morgan fingerprint density at radius 3 is 2.42 bits per heavy atom. The molecule has 1 N–H and O–H groups in total. The molecule has 1 fully saturated rings. The zero-order chi connectivity index (χ0) is 22.6. The van der Waals surface area contributed by atoms with E-state index in [9.17, 15) is 32.3 Å². The van der Waals surface area contributed by atoms with Crippen molar-refractivity contribution < 1.29 is 32.3 Å². The molecular weight excluding hydrogens is 482 g/mol. The summed E-state index contributed by atoms with van der Waals surface area (Å²) in [7, 11) is 0. The van der Waals surface area contributed by atoms with Gasteiger partial charge in [-0.3, -0.25) is 9.59 Å². The van der Waals surface area contributed by atoms with Crippen LogP contribution < -0.4 is 0 Å². The van der Waals surface area contributed by atoms with Gasteiger partial charge in [0.15, 0.2) is 0 Å². The Labute approximate surface area is 184 Å². The number of hydrogen-bond acceptors (Lipinski definition) is 2. The van der Waals surface area contributed by atoms with Crippen molar-refractivity contribution in [1.82, 2.24) is 4.90 Å². The number of carbonyl (C=O) groups excluding carboxylic acids is 1. The van der Waals surface area contributed by atoms with Crippen molar-refractivity contribution in [3.8, 4) is 0 Å². The van der Waals surface area contributed by atoms with Crippen molar-refractivity contribution in [2.24, 2.45) is 0 Å². The van der Waals surface area contributed by atoms with Crippen molar-refractivity contribution in [2.75, 3.05) is 0 Å². The molecule has 1 saturated carbocycles. The lowest BCUT2D eigenvalue weighted by molar-refractivity contribution is -0.143. The van der Waals surface area contributed by atoms with E-state index >= 15 is 0 Å². The third-order valence-electron chi connectivity index (χ3n) is 6.27. The molecule has 1 spiro atoms. The number of nitrogens with zero attached hydrogens (tertiary/aromatic N) is 1. The Morgan fingerprint density at radius 2 is 1.84 bits per heavy atom. The summed E-state index contributed by atoms with van der Waals surface area (Å²) in [5.74, 6) is -3.88. The highest BCUT2D eigenvalue weighted by Gasteiger charge is 2.55. The lowest BCUT2D eigenvalue weighted by Crippen LogP contribution is -2.58. The van der Waals surface area contributed by atoms with Gasteiger partial charge in [0, 0.05) is 16.6 Å². The molecule has 0 radical (unpaired) electrons. The third-order valence-corrected chi connectivity index (χ3v) is 6.76. The monoisotopic (exact) mass is 499 g/mol. The molecule has 0 aromatic heterocycles. The maximum absolute atomic E-state index is 14.1. The third kappa shape index (κ3) is 3.62. The maximum atomic E-state index is 14.1. The van der Waals surface area contributed by atoms with E-state index < -0.39 is 40.9 Å². The van der Waals surface area contributed by atoms with Gasteiger partial charge < -0.3 is 10.0 Å². The molecule has 1 aliphatic heterocycles. The fourth-order valence-corrected chi connectivity index (χ4v) is 5.35. The minimum atomic E-state index is -4.82. The smallest absolute Gasteiger partial charge is 0.419 e. The van der Waals surface area contributed by atoms with E-state index in [1.807, 2.05) is 0 Å². The van der Waals surface area contributed by atoms with Crippen LogP contribution in [0, 0.1) is 5.82 Å². The molecule has 1 aliphatic carbocycles. The van der Waals surface area contributed by atoms with Crippen LogP contribution in [0.3, 0.4) is 0 Å². The average molecular weight is 500 g/mol. The first-order chi connectivity index (χ1) is 14.5. The predicted molar refractivity (Wildman–Crippen MR) is 107 cm³/mol. The van der Waals surface area contributed by atoms with E-state index in [1.165, 1.54) is 4.90 Å². The standard InChI is InChI=1S/C22H18BrF4NO3/c23-13-4-5-14-15(10-13)18(20(30)31)21(7-1-2-8-21)28(19(14)29)11-12-3-6-16(17(24)9-12)22(25,26)27/h3-6,9-10,18H,1-2,7-8,11H2,(H,30,31). The van der Waals surface area contributed by atoms with Gasteiger partial charge in [-0.15, -0.1) is 0 Å². The van der Waals surface area contributed by atoms with E-state index in [1.54, 1.807) is 18.2 Å². The van der Waals surface area contributed by atoms with Crippen molar-refractivity contribution >= 4 is 27.8 Å². The summed E-state index contributed by atoms with van der Waals surface area (Å²) >= 11 is 3.33. The molecule has 164 valence electrons. The van der Waals surface area contributed by atoms with Crippen LogP contribution in [0.5, 0.6) is 0 Å². The van der Waals surface area contributed by atoms with Crippen LogP contribution in [0.2, 0.25) is 0 Å². The molecule has 1 amide bonds. The Balaban J connectivity index is 1.81. The molecule has 2 aromatic carbocycles. The zero-order valence-corrected chi connectivity index (χ0v) is 17.8. The highest BCUT2D eigenvalue weighted by molar-refractivity contribution is 9.10. The number of rotatable bonds is 3. The van der Waals surface area contributed by atoms with E-state index in [4.69, 9.17) is 0 Å². The number of amides is 1. The Morgan fingerprint density at radius 1 is 1.16 bits per heavy atom. The Hall–Kier alpha value is -2.42. The van der Waals surface area contributed by atoms with Gasteiger partial charge in [-0.05, 0) is 54.3 Å². The molecule has 9 heteroatoms. The quantitative estimate of drug-likeness (QED) is 0.547. The molecule has 2 aliphatic rings. The van der Waals surface area contributed by atoms with Crippen molar-refractivity contribution in [2.45, 2.75) is 49.9 Å². The minimum Gasteiger partial charge on any atom is -0.481 e. The summed E-state index contributed by atoms with van der Waals surface area (Å²) in [6.07, 6.45) is -2.48. The molecule has 4 rings (SSSR count). The van der Waals surface area contributed by atoms with Crippen LogP contribution >= 0.6 is 15.9 Å². The van der Waals surface area contributed by atoms with E-state index in [-0.39, 0.29) is 17.7 Å². The largest absolute Gasteiger partial charge is 0.481 e. The molecule has 0 bridgehead atoms. The molecule has 4 nitrogen and oxygen atoms in total. The lowest BCUT2D eigenvalue weighted by atomic mass is 9.71. The van der Waals surface area contributed by atoms with Gasteiger partial charge in [0.05, 0.1) is 11.1 Å². The fourth-order valence-electron chi connectivity index (χ4n) is 4.97. The topological polar surface area (TPSA) is 57.6 Å². The van der Waals surface area contributed by atoms with Crippen molar-refractivity contribution in [3.63, 3.8) is 0 Å². The summed E-state index contributed by atoms with van der Waals surface area (Å²) in [5, 5.41) is 10.1. The number of benzene rings is 2. The summed E-state index contributed by atoms with van der Waals surface area (Å²) in [6.45, 7) is -0.173. The number of alkyl halides is 3. The molecule has 0 saturated heterocycles. The highest BCUT2D eigenvalue weighted by atomic mass is 79.9.